The molecule has 120 valence electrons. The van der Waals surface area contributed by atoms with Crippen LogP contribution in [-0.2, 0) is 16.6 Å². The van der Waals surface area contributed by atoms with Gasteiger partial charge in [-0.1, -0.05) is 20.3 Å². The van der Waals surface area contributed by atoms with Gasteiger partial charge in [0.05, 0.1) is 6.20 Å². The van der Waals surface area contributed by atoms with E-state index in [2.05, 4.69) is 20.2 Å². The molecule has 1 aromatic rings. The predicted molar refractivity (Wildman–Crippen MR) is 85.8 cm³/mol. The summed E-state index contributed by atoms with van der Waals surface area (Å²) < 4.78 is 28.0. The number of sulfonamides is 1. The van der Waals surface area contributed by atoms with Gasteiger partial charge in [0.1, 0.15) is 0 Å². The zero-order valence-electron chi connectivity index (χ0n) is 12.7. The lowest BCUT2D eigenvalue weighted by Gasteiger charge is -2.19. The maximum Gasteiger partial charge on any atom is 0.258 e. The summed E-state index contributed by atoms with van der Waals surface area (Å²) >= 11 is 1.73. The van der Waals surface area contributed by atoms with Gasteiger partial charge in [0.25, 0.3) is 10.0 Å². The summed E-state index contributed by atoms with van der Waals surface area (Å²) in [6.45, 7) is 4.53. The van der Waals surface area contributed by atoms with Gasteiger partial charge >= 0.3 is 0 Å². The Balaban J connectivity index is 2.11. The molecule has 8 heteroatoms. The van der Waals surface area contributed by atoms with E-state index in [1.807, 2.05) is 20.1 Å². The molecule has 1 aliphatic carbocycles. The Morgan fingerprint density at radius 1 is 1.48 bits per heavy atom. The maximum absolute atomic E-state index is 12.6. The predicted octanol–water partition coefficient (Wildman–Crippen LogP) is 1.47. The van der Waals surface area contributed by atoms with E-state index in [1.54, 1.807) is 18.0 Å². The van der Waals surface area contributed by atoms with Crippen LogP contribution < -0.4 is 10.0 Å². The van der Waals surface area contributed by atoms with E-state index in [9.17, 15) is 8.42 Å². The Kier molecular flexibility index (Phi) is 5.70. The summed E-state index contributed by atoms with van der Waals surface area (Å²) in [5.41, 5.74) is 0.676. The van der Waals surface area contributed by atoms with Gasteiger partial charge in [-0.15, -0.1) is 0 Å². The summed E-state index contributed by atoms with van der Waals surface area (Å²) in [6, 6.07) is 0.304. The normalized spacial score (nSPS) is 23.0. The number of aromatic nitrogens is 2. The van der Waals surface area contributed by atoms with Crippen molar-refractivity contribution in [1.29, 1.82) is 0 Å². The number of nitrogens with zero attached hydrogens (tertiary/aromatic N) is 1. The van der Waals surface area contributed by atoms with Gasteiger partial charge in [-0.25, -0.2) is 13.1 Å². The van der Waals surface area contributed by atoms with E-state index >= 15 is 0 Å². The van der Waals surface area contributed by atoms with Crippen molar-refractivity contribution >= 4 is 21.8 Å². The minimum atomic E-state index is -3.54. The molecule has 2 atom stereocenters. The average molecular weight is 332 g/mol. The van der Waals surface area contributed by atoms with Crippen molar-refractivity contribution in [2.75, 3.05) is 6.26 Å². The third-order valence-corrected chi connectivity index (χ3v) is 6.38. The minimum Gasteiger partial charge on any atom is -0.310 e. The SMILES string of the molecule is CSC1CCCC1NS(=O)(=O)c1[nH]ncc1CNC(C)C. The second-order valence-electron chi connectivity index (χ2n) is 5.69. The topological polar surface area (TPSA) is 86.9 Å². The number of thioether (sulfide) groups is 1. The monoisotopic (exact) mass is 332 g/mol. The second-order valence-corrected chi connectivity index (χ2v) is 8.42. The summed E-state index contributed by atoms with van der Waals surface area (Å²) in [6.07, 6.45) is 6.65. The van der Waals surface area contributed by atoms with Crippen LogP contribution in [0.5, 0.6) is 0 Å². The van der Waals surface area contributed by atoms with Crippen LogP contribution in [0.4, 0.5) is 0 Å². The molecule has 2 unspecified atom stereocenters. The van der Waals surface area contributed by atoms with E-state index in [-0.39, 0.29) is 11.1 Å². The highest BCUT2D eigenvalue weighted by Crippen LogP contribution is 2.29. The van der Waals surface area contributed by atoms with Crippen LogP contribution in [0.2, 0.25) is 0 Å². The smallest absolute Gasteiger partial charge is 0.258 e. The van der Waals surface area contributed by atoms with Crippen molar-refractivity contribution in [3.8, 4) is 0 Å². The highest BCUT2D eigenvalue weighted by Gasteiger charge is 2.32. The first-order valence-corrected chi connectivity index (χ1v) is 10.0. The molecule has 0 spiro atoms. The van der Waals surface area contributed by atoms with Crippen LogP contribution in [0.3, 0.4) is 0 Å². The van der Waals surface area contributed by atoms with Gasteiger partial charge in [0.2, 0.25) is 0 Å². The Labute approximate surface area is 130 Å². The molecule has 3 N–H and O–H groups in total. The lowest BCUT2D eigenvalue weighted by molar-refractivity contribution is 0.545. The third kappa shape index (κ3) is 4.21. The minimum absolute atomic E-state index is 0.0132. The molecule has 0 aromatic carbocycles. The number of aromatic amines is 1. The molecular weight excluding hydrogens is 308 g/mol. The number of nitrogens with one attached hydrogen (secondary N) is 3. The molecule has 2 rings (SSSR count). The lowest BCUT2D eigenvalue weighted by atomic mass is 10.3. The van der Waals surface area contributed by atoms with Crippen molar-refractivity contribution in [2.45, 2.75) is 62.0 Å². The zero-order chi connectivity index (χ0) is 15.5. The number of hydrogen-bond donors (Lipinski definition) is 3. The highest BCUT2D eigenvalue weighted by atomic mass is 32.2. The Hall–Kier alpha value is -0.570. The van der Waals surface area contributed by atoms with Crippen molar-refractivity contribution < 1.29 is 8.42 Å². The number of hydrogen-bond acceptors (Lipinski definition) is 5. The Morgan fingerprint density at radius 3 is 2.90 bits per heavy atom. The molecule has 0 bridgehead atoms. The van der Waals surface area contributed by atoms with Gasteiger partial charge in [0, 0.05) is 29.4 Å². The van der Waals surface area contributed by atoms with E-state index in [4.69, 9.17) is 0 Å². The quantitative estimate of drug-likeness (QED) is 0.704. The molecule has 1 saturated carbocycles. The molecule has 1 aromatic heterocycles. The zero-order valence-corrected chi connectivity index (χ0v) is 14.4. The van der Waals surface area contributed by atoms with Crippen LogP contribution in [0.15, 0.2) is 11.2 Å². The van der Waals surface area contributed by atoms with Gasteiger partial charge in [0.15, 0.2) is 5.03 Å². The standard InChI is InChI=1S/C13H24N4O2S2/c1-9(2)14-7-10-8-15-16-13(10)21(18,19)17-11-5-4-6-12(11)20-3/h8-9,11-12,14,17H,4-7H2,1-3H3,(H,15,16). The summed E-state index contributed by atoms with van der Waals surface area (Å²) in [7, 11) is -3.54. The molecular formula is C13H24N4O2S2. The molecule has 1 aliphatic rings. The van der Waals surface area contributed by atoms with Gasteiger partial charge < -0.3 is 5.32 Å². The first kappa shape index (κ1) is 16.8. The summed E-state index contributed by atoms with van der Waals surface area (Å²) in [5.74, 6) is 0. The van der Waals surface area contributed by atoms with Crippen LogP contribution in [-0.4, -0.2) is 42.2 Å². The van der Waals surface area contributed by atoms with Crippen molar-refractivity contribution in [3.05, 3.63) is 11.8 Å². The molecule has 6 nitrogen and oxygen atoms in total. The van der Waals surface area contributed by atoms with Crippen LogP contribution in [0.25, 0.3) is 0 Å². The van der Waals surface area contributed by atoms with E-state index in [0.29, 0.717) is 23.4 Å². The van der Waals surface area contributed by atoms with Crippen LogP contribution >= 0.6 is 11.8 Å². The van der Waals surface area contributed by atoms with Gasteiger partial charge in [-0.3, -0.25) is 5.10 Å². The highest BCUT2D eigenvalue weighted by molar-refractivity contribution is 7.99. The van der Waals surface area contributed by atoms with E-state index in [1.165, 1.54) is 0 Å². The number of H-pyrrole nitrogens is 1. The third-order valence-electron chi connectivity index (χ3n) is 3.71. The fraction of sp³-hybridized carbons (Fsp3) is 0.769. The lowest BCUT2D eigenvalue weighted by Crippen LogP contribution is -2.39. The Bertz CT molecular complexity index is 556. The van der Waals surface area contributed by atoms with Crippen molar-refractivity contribution in [1.82, 2.24) is 20.2 Å². The fourth-order valence-electron chi connectivity index (χ4n) is 2.57. The molecule has 0 aliphatic heterocycles. The molecule has 0 saturated heterocycles. The largest absolute Gasteiger partial charge is 0.310 e. The van der Waals surface area contributed by atoms with Crippen molar-refractivity contribution in [2.24, 2.45) is 0 Å². The Morgan fingerprint density at radius 2 is 2.24 bits per heavy atom. The first-order valence-electron chi connectivity index (χ1n) is 7.25. The average Bonchev–Trinajstić information content (AvgIpc) is 3.04. The summed E-state index contributed by atoms with van der Waals surface area (Å²) in [4.78, 5) is 0. The van der Waals surface area contributed by atoms with Gasteiger partial charge in [-0.05, 0) is 19.1 Å². The molecule has 0 amide bonds. The van der Waals surface area contributed by atoms with Gasteiger partial charge in [-0.2, -0.15) is 16.9 Å². The second kappa shape index (κ2) is 7.13. The van der Waals surface area contributed by atoms with Crippen LogP contribution in [0, 0.1) is 0 Å². The van der Waals surface area contributed by atoms with E-state index < -0.39 is 10.0 Å². The maximum atomic E-state index is 12.6. The van der Waals surface area contributed by atoms with Crippen LogP contribution in [0.1, 0.15) is 38.7 Å². The molecule has 21 heavy (non-hydrogen) atoms. The fourth-order valence-corrected chi connectivity index (χ4v) is 5.04. The first-order chi connectivity index (χ1) is 9.94. The summed E-state index contributed by atoms with van der Waals surface area (Å²) in [5, 5.41) is 10.3. The number of rotatable bonds is 7. The van der Waals surface area contributed by atoms with Crippen molar-refractivity contribution in [3.63, 3.8) is 0 Å². The molecule has 1 heterocycles. The molecule has 0 radical (unpaired) electrons. The molecule has 1 fully saturated rings. The van der Waals surface area contributed by atoms with E-state index in [0.717, 1.165) is 19.3 Å².